The molecule has 0 spiro atoms. The number of esters is 1. The number of aromatic nitrogens is 2. The van der Waals surface area contributed by atoms with Gasteiger partial charge in [-0.15, -0.1) is 0 Å². The van der Waals surface area contributed by atoms with Gasteiger partial charge in [-0.05, 0) is 85.1 Å². The molecule has 4 rings (SSSR count). The van der Waals surface area contributed by atoms with Gasteiger partial charge in [-0.2, -0.15) is 0 Å². The molecule has 1 saturated carbocycles. The van der Waals surface area contributed by atoms with Crippen LogP contribution in [0.25, 0.3) is 0 Å². The van der Waals surface area contributed by atoms with Crippen LogP contribution in [0, 0.1) is 5.92 Å². The van der Waals surface area contributed by atoms with E-state index in [4.69, 9.17) is 9.47 Å². The number of anilines is 1. The van der Waals surface area contributed by atoms with Gasteiger partial charge in [0, 0.05) is 6.20 Å². The Bertz CT molecular complexity index is 1440. The number of carbonyl (C=O) groups is 4. The second-order valence-electron chi connectivity index (χ2n) is 12.9. The summed E-state index contributed by atoms with van der Waals surface area (Å²) in [5, 5.41) is 5.34. The van der Waals surface area contributed by atoms with Crippen LogP contribution in [0.1, 0.15) is 85.3 Å². The van der Waals surface area contributed by atoms with Crippen LogP contribution in [0.4, 0.5) is 10.6 Å². The van der Waals surface area contributed by atoms with E-state index >= 15 is 0 Å². The number of nitrogens with zero attached hydrogens (tertiary/aromatic N) is 3. The first kappa shape index (κ1) is 32.6. The normalized spacial score (nSPS) is 21.7. The molecule has 0 bridgehead atoms. The summed E-state index contributed by atoms with van der Waals surface area (Å²) in [6.45, 7) is 10.3. The summed E-state index contributed by atoms with van der Waals surface area (Å²) in [4.78, 5) is 60.9. The Morgan fingerprint density at radius 3 is 2.45 bits per heavy atom. The molecule has 236 valence electrons. The number of imidazole rings is 1. The van der Waals surface area contributed by atoms with Crippen LogP contribution in [-0.4, -0.2) is 56.9 Å². The van der Waals surface area contributed by atoms with Crippen LogP contribution < -0.4 is 10.6 Å². The Labute approximate surface area is 258 Å². The predicted molar refractivity (Wildman–Crippen MR) is 166 cm³/mol. The van der Waals surface area contributed by atoms with Gasteiger partial charge in [-0.3, -0.25) is 14.4 Å². The fraction of sp³-hybridized carbons (Fsp3) is 0.515. The highest BCUT2D eigenvalue weighted by molar-refractivity contribution is 6.44. The maximum atomic E-state index is 13.5. The lowest BCUT2D eigenvalue weighted by Gasteiger charge is -2.26. The standard InChI is InChI=1S/C33H43N5O6/c1-7-43-29(41)33(23-16-12-9-13-17-23)19-25(33)38-20-26(34-21-38)36-27(39)24(18-22-14-10-8-11-15-22)35-28(40)32(5,6)37-30(42)44-31(2,3)4/h8-10,12-13,16-17,20-22,25H,7,11,14-15,18-19H2,1-6H3,(H,36,39)(H,37,42). The lowest BCUT2D eigenvalue weighted by atomic mass is 9.89. The van der Waals surface area contributed by atoms with Gasteiger partial charge in [0.25, 0.3) is 11.8 Å². The van der Waals surface area contributed by atoms with Crippen LogP contribution in [0.2, 0.25) is 0 Å². The third-order valence-corrected chi connectivity index (χ3v) is 7.76. The highest BCUT2D eigenvalue weighted by Crippen LogP contribution is 2.58. The second kappa shape index (κ2) is 13.2. The van der Waals surface area contributed by atoms with E-state index in [0.717, 1.165) is 24.8 Å². The first-order chi connectivity index (χ1) is 20.7. The Balaban J connectivity index is 1.52. The summed E-state index contributed by atoms with van der Waals surface area (Å²) in [6, 6.07) is 9.27. The predicted octanol–water partition coefficient (Wildman–Crippen LogP) is 5.28. The number of hydrogen-bond donors (Lipinski definition) is 2. The largest absolute Gasteiger partial charge is 0.465 e. The van der Waals surface area contributed by atoms with E-state index in [1.165, 1.54) is 13.8 Å². The molecule has 44 heavy (non-hydrogen) atoms. The molecular weight excluding hydrogens is 562 g/mol. The van der Waals surface area contributed by atoms with E-state index in [-0.39, 0.29) is 42.5 Å². The molecule has 2 aliphatic carbocycles. The van der Waals surface area contributed by atoms with Crippen LogP contribution in [0.3, 0.4) is 0 Å². The molecule has 2 N–H and O–H groups in total. The van der Waals surface area contributed by atoms with Crippen LogP contribution >= 0.6 is 0 Å². The van der Waals surface area contributed by atoms with Crippen molar-refractivity contribution in [1.82, 2.24) is 14.9 Å². The van der Waals surface area contributed by atoms with Gasteiger partial charge < -0.3 is 24.7 Å². The zero-order valence-corrected chi connectivity index (χ0v) is 26.4. The van der Waals surface area contributed by atoms with Gasteiger partial charge in [0.2, 0.25) is 0 Å². The van der Waals surface area contributed by atoms with Gasteiger partial charge >= 0.3 is 12.1 Å². The quantitative estimate of drug-likeness (QED) is 0.213. The molecule has 3 unspecified atom stereocenters. The van der Waals surface area contributed by atoms with Crippen molar-refractivity contribution in [3.63, 3.8) is 0 Å². The molecule has 3 amide bonds. The zero-order chi connectivity index (χ0) is 32.1. The summed E-state index contributed by atoms with van der Waals surface area (Å²) in [7, 11) is 0. The van der Waals surface area contributed by atoms with E-state index in [1.807, 2.05) is 30.3 Å². The number of alkyl carbamates (subject to hydrolysis) is 1. The maximum Gasteiger partial charge on any atom is 0.408 e. The fourth-order valence-corrected chi connectivity index (χ4v) is 5.39. The molecule has 11 nitrogen and oxygen atoms in total. The number of ether oxygens (including phenoxy) is 2. The number of nitrogens with one attached hydrogen (secondary N) is 2. The molecule has 1 heterocycles. The van der Waals surface area contributed by atoms with Gasteiger partial charge in [0.15, 0.2) is 5.82 Å². The molecule has 0 saturated heterocycles. The molecule has 2 aliphatic rings. The molecule has 0 aliphatic heterocycles. The lowest BCUT2D eigenvalue weighted by molar-refractivity contribution is -0.146. The molecule has 0 radical (unpaired) electrons. The SMILES string of the molecule is CCOC(=O)C1(c2ccccc2)CC1n1cnc(NC(=O)C(CC2CC=CCC2)=NC(=O)C(C)(C)NC(=O)OC(C)(C)C)c1. The van der Waals surface area contributed by atoms with E-state index in [1.54, 1.807) is 44.8 Å². The molecule has 1 fully saturated rings. The molecular formula is C33H43N5O6. The minimum absolute atomic E-state index is 0.0560. The van der Waals surface area contributed by atoms with Gasteiger partial charge in [0.1, 0.15) is 22.3 Å². The van der Waals surface area contributed by atoms with E-state index in [2.05, 4.69) is 32.8 Å². The van der Waals surface area contributed by atoms with Gasteiger partial charge in [-0.1, -0.05) is 42.5 Å². The van der Waals surface area contributed by atoms with Crippen molar-refractivity contribution >= 4 is 35.4 Å². The molecule has 1 aromatic carbocycles. The van der Waals surface area contributed by atoms with Crippen molar-refractivity contribution in [2.75, 3.05) is 11.9 Å². The molecule has 2 aromatic rings. The summed E-state index contributed by atoms with van der Waals surface area (Å²) in [5.74, 6) is -1.12. The van der Waals surface area contributed by atoms with Crippen molar-refractivity contribution < 1.29 is 28.7 Å². The van der Waals surface area contributed by atoms with E-state index in [9.17, 15) is 19.2 Å². The second-order valence-corrected chi connectivity index (χ2v) is 12.9. The first-order valence-electron chi connectivity index (χ1n) is 15.1. The molecule has 1 aromatic heterocycles. The Kier molecular flexibility index (Phi) is 9.75. The minimum Gasteiger partial charge on any atom is -0.465 e. The highest BCUT2D eigenvalue weighted by Gasteiger charge is 2.63. The number of benzene rings is 1. The van der Waals surface area contributed by atoms with Crippen LogP contribution in [0.15, 0.2) is 60.0 Å². The number of rotatable bonds is 10. The Hall–Kier alpha value is -4.28. The number of amides is 3. The first-order valence-corrected chi connectivity index (χ1v) is 15.1. The lowest BCUT2D eigenvalue weighted by Crippen LogP contribution is -2.51. The van der Waals surface area contributed by atoms with Crippen molar-refractivity contribution in [1.29, 1.82) is 0 Å². The van der Waals surface area contributed by atoms with Crippen molar-refractivity contribution in [2.24, 2.45) is 10.9 Å². The fourth-order valence-electron chi connectivity index (χ4n) is 5.39. The maximum absolute atomic E-state index is 13.5. The third kappa shape index (κ3) is 7.81. The van der Waals surface area contributed by atoms with E-state index in [0.29, 0.717) is 6.42 Å². The topological polar surface area (TPSA) is 141 Å². The third-order valence-electron chi connectivity index (χ3n) is 7.76. The Morgan fingerprint density at radius 1 is 1.09 bits per heavy atom. The highest BCUT2D eigenvalue weighted by atomic mass is 16.6. The molecule has 3 atom stereocenters. The number of aliphatic imine (C=N–C) groups is 1. The monoisotopic (exact) mass is 605 g/mol. The summed E-state index contributed by atoms with van der Waals surface area (Å²) < 4.78 is 12.5. The average Bonchev–Trinajstić information content (AvgIpc) is 3.56. The number of carbonyl (C=O) groups excluding carboxylic acids is 4. The summed E-state index contributed by atoms with van der Waals surface area (Å²) in [5.41, 5.74) is -2.07. The zero-order valence-electron chi connectivity index (χ0n) is 26.4. The van der Waals surface area contributed by atoms with Crippen molar-refractivity contribution in [3.8, 4) is 0 Å². The smallest absolute Gasteiger partial charge is 0.408 e. The van der Waals surface area contributed by atoms with Crippen molar-refractivity contribution in [2.45, 2.75) is 96.2 Å². The average molecular weight is 606 g/mol. The van der Waals surface area contributed by atoms with Gasteiger partial charge in [-0.25, -0.2) is 14.8 Å². The van der Waals surface area contributed by atoms with Crippen LogP contribution in [-0.2, 0) is 29.3 Å². The number of hydrogen-bond acceptors (Lipinski definition) is 7. The van der Waals surface area contributed by atoms with E-state index < -0.39 is 34.5 Å². The Morgan fingerprint density at radius 2 is 1.82 bits per heavy atom. The number of allylic oxidation sites excluding steroid dienone is 2. The molecule has 11 heteroatoms. The van der Waals surface area contributed by atoms with Crippen molar-refractivity contribution in [3.05, 3.63) is 60.6 Å². The minimum atomic E-state index is -1.41. The van der Waals surface area contributed by atoms with Crippen LogP contribution in [0.5, 0.6) is 0 Å². The van der Waals surface area contributed by atoms with Gasteiger partial charge in [0.05, 0.1) is 19.0 Å². The summed E-state index contributed by atoms with van der Waals surface area (Å²) >= 11 is 0. The summed E-state index contributed by atoms with van der Waals surface area (Å²) in [6.07, 6.45) is 10.00.